The van der Waals surface area contributed by atoms with E-state index in [-0.39, 0.29) is 11.1 Å². The standard InChI is InChI=1S/C22H15N3O7/c26-18(23-15-9-8-13-4-1-2-5-14(13)10-15)12-32-19(27)11-24-21(28)16-6-3-7-17(25(30)31)20(16)22(24)29/h1-10H,11-12H2,(H,23,26). The molecule has 0 atom stereocenters. The van der Waals surface area contributed by atoms with Gasteiger partial charge >= 0.3 is 5.97 Å². The summed E-state index contributed by atoms with van der Waals surface area (Å²) in [5.41, 5.74) is -0.542. The normalized spacial score (nSPS) is 12.6. The number of benzene rings is 3. The van der Waals surface area contributed by atoms with Gasteiger partial charge in [0.2, 0.25) is 0 Å². The number of fused-ring (bicyclic) bond motifs is 2. The van der Waals surface area contributed by atoms with Gasteiger partial charge in [-0.3, -0.25) is 34.2 Å². The number of esters is 1. The number of amides is 3. The van der Waals surface area contributed by atoms with Crippen LogP contribution in [0.25, 0.3) is 10.8 Å². The number of ether oxygens (including phenoxy) is 1. The number of rotatable bonds is 6. The lowest BCUT2D eigenvalue weighted by Crippen LogP contribution is -2.36. The lowest BCUT2D eigenvalue weighted by atomic mass is 10.1. The summed E-state index contributed by atoms with van der Waals surface area (Å²) >= 11 is 0. The second-order valence-corrected chi connectivity index (χ2v) is 6.92. The third-order valence-electron chi connectivity index (χ3n) is 4.86. The fourth-order valence-electron chi connectivity index (χ4n) is 3.40. The minimum Gasteiger partial charge on any atom is -0.454 e. The van der Waals surface area contributed by atoms with Crippen LogP contribution < -0.4 is 5.32 Å². The van der Waals surface area contributed by atoms with E-state index in [9.17, 15) is 29.3 Å². The summed E-state index contributed by atoms with van der Waals surface area (Å²) < 4.78 is 4.87. The number of hydrogen-bond donors (Lipinski definition) is 1. The van der Waals surface area contributed by atoms with E-state index in [1.165, 1.54) is 12.1 Å². The molecule has 0 aromatic heterocycles. The minimum absolute atomic E-state index is 0.161. The number of hydrogen-bond acceptors (Lipinski definition) is 7. The number of imide groups is 1. The fraction of sp³-hybridized carbons (Fsp3) is 0.0909. The first-order chi connectivity index (χ1) is 15.3. The van der Waals surface area contributed by atoms with Crippen LogP contribution in [0.1, 0.15) is 20.7 Å². The van der Waals surface area contributed by atoms with Crippen LogP contribution in [0.4, 0.5) is 11.4 Å². The van der Waals surface area contributed by atoms with Crippen LogP contribution in [0.15, 0.2) is 60.7 Å². The van der Waals surface area contributed by atoms with Crippen molar-refractivity contribution >= 4 is 45.8 Å². The summed E-state index contributed by atoms with van der Waals surface area (Å²) in [7, 11) is 0. The molecule has 0 bridgehead atoms. The molecule has 0 saturated heterocycles. The van der Waals surface area contributed by atoms with Gasteiger partial charge in [-0.25, -0.2) is 0 Å². The first-order valence-electron chi connectivity index (χ1n) is 9.43. The van der Waals surface area contributed by atoms with Crippen LogP contribution in [0.2, 0.25) is 0 Å². The lowest BCUT2D eigenvalue weighted by Gasteiger charge is -2.13. The molecule has 1 heterocycles. The number of carbonyl (C=O) groups is 4. The summed E-state index contributed by atoms with van der Waals surface area (Å²) in [5.74, 6) is -3.41. The molecule has 0 spiro atoms. The molecule has 10 heteroatoms. The first kappa shape index (κ1) is 20.7. The van der Waals surface area contributed by atoms with Crippen molar-refractivity contribution in [3.8, 4) is 0 Å². The van der Waals surface area contributed by atoms with Crippen molar-refractivity contribution in [1.29, 1.82) is 0 Å². The zero-order valence-electron chi connectivity index (χ0n) is 16.4. The van der Waals surface area contributed by atoms with E-state index in [2.05, 4.69) is 5.32 Å². The average Bonchev–Trinajstić information content (AvgIpc) is 3.02. The van der Waals surface area contributed by atoms with E-state index in [1.807, 2.05) is 30.3 Å². The Morgan fingerprint density at radius 1 is 0.969 bits per heavy atom. The molecule has 10 nitrogen and oxygen atoms in total. The van der Waals surface area contributed by atoms with E-state index >= 15 is 0 Å². The third-order valence-corrected chi connectivity index (χ3v) is 4.86. The van der Waals surface area contributed by atoms with E-state index in [1.54, 1.807) is 12.1 Å². The molecule has 160 valence electrons. The summed E-state index contributed by atoms with van der Waals surface area (Å²) in [4.78, 5) is 60.0. The molecular formula is C22H15N3O7. The third kappa shape index (κ3) is 3.88. The quantitative estimate of drug-likeness (QED) is 0.273. The Balaban J connectivity index is 1.36. The van der Waals surface area contributed by atoms with Crippen LogP contribution in [0.5, 0.6) is 0 Å². The fourth-order valence-corrected chi connectivity index (χ4v) is 3.40. The maximum Gasteiger partial charge on any atom is 0.326 e. The van der Waals surface area contributed by atoms with Gasteiger partial charge in [-0.2, -0.15) is 0 Å². The van der Waals surface area contributed by atoms with Crippen molar-refractivity contribution in [2.75, 3.05) is 18.5 Å². The SMILES string of the molecule is O=C(COC(=O)CN1C(=O)c2cccc([N+](=O)[O-])c2C1=O)Nc1ccc2ccccc2c1. The lowest BCUT2D eigenvalue weighted by molar-refractivity contribution is -0.385. The van der Waals surface area contributed by atoms with E-state index in [0.717, 1.165) is 16.8 Å². The Hall–Kier alpha value is -4.60. The zero-order valence-corrected chi connectivity index (χ0v) is 16.4. The molecule has 1 aliphatic rings. The summed E-state index contributed by atoms with van der Waals surface area (Å²) in [6, 6.07) is 16.5. The van der Waals surface area contributed by atoms with Gasteiger partial charge in [-0.15, -0.1) is 0 Å². The molecule has 0 saturated carbocycles. The smallest absolute Gasteiger partial charge is 0.326 e. The van der Waals surface area contributed by atoms with E-state index < -0.39 is 47.5 Å². The molecule has 0 aliphatic carbocycles. The topological polar surface area (TPSA) is 136 Å². The van der Waals surface area contributed by atoms with Crippen molar-refractivity contribution in [2.24, 2.45) is 0 Å². The Labute approximate surface area is 180 Å². The van der Waals surface area contributed by atoms with Crippen LogP contribution in [0.3, 0.4) is 0 Å². The van der Waals surface area contributed by atoms with Gasteiger partial charge in [0.05, 0.1) is 10.5 Å². The molecule has 3 aromatic rings. The molecule has 0 radical (unpaired) electrons. The van der Waals surface area contributed by atoms with Crippen LogP contribution in [-0.4, -0.2) is 46.7 Å². The molecule has 4 rings (SSSR count). The average molecular weight is 433 g/mol. The Morgan fingerprint density at radius 3 is 2.47 bits per heavy atom. The van der Waals surface area contributed by atoms with Crippen LogP contribution in [-0.2, 0) is 14.3 Å². The van der Waals surface area contributed by atoms with Crippen molar-refractivity contribution in [3.05, 3.63) is 81.9 Å². The van der Waals surface area contributed by atoms with Gasteiger partial charge in [-0.1, -0.05) is 36.4 Å². The van der Waals surface area contributed by atoms with Crippen LogP contribution in [0, 0.1) is 10.1 Å². The van der Waals surface area contributed by atoms with Crippen molar-refractivity contribution in [2.45, 2.75) is 0 Å². The number of carbonyl (C=O) groups excluding carboxylic acids is 4. The van der Waals surface area contributed by atoms with Gasteiger partial charge in [0.25, 0.3) is 23.4 Å². The largest absolute Gasteiger partial charge is 0.454 e. The summed E-state index contributed by atoms with van der Waals surface area (Å²) in [6.45, 7) is -1.40. The first-order valence-corrected chi connectivity index (χ1v) is 9.43. The molecule has 1 aliphatic heterocycles. The van der Waals surface area contributed by atoms with Gasteiger partial charge in [0.15, 0.2) is 6.61 Å². The molecule has 3 aromatic carbocycles. The monoisotopic (exact) mass is 433 g/mol. The molecule has 0 unspecified atom stereocenters. The van der Waals surface area contributed by atoms with Gasteiger partial charge < -0.3 is 10.1 Å². The molecular weight excluding hydrogens is 418 g/mol. The predicted octanol–water partition coefficient (Wildman–Crippen LogP) is 2.53. The molecule has 32 heavy (non-hydrogen) atoms. The Bertz CT molecular complexity index is 1300. The zero-order chi connectivity index (χ0) is 22.8. The van der Waals surface area contributed by atoms with Gasteiger partial charge in [-0.05, 0) is 29.0 Å². The van der Waals surface area contributed by atoms with Crippen molar-refractivity contribution < 1.29 is 28.8 Å². The second-order valence-electron chi connectivity index (χ2n) is 6.92. The number of anilines is 1. The highest BCUT2D eigenvalue weighted by molar-refractivity contribution is 6.24. The van der Waals surface area contributed by atoms with Gasteiger partial charge in [0.1, 0.15) is 12.1 Å². The maximum absolute atomic E-state index is 12.5. The highest BCUT2D eigenvalue weighted by Gasteiger charge is 2.41. The van der Waals surface area contributed by atoms with E-state index in [4.69, 9.17) is 4.74 Å². The van der Waals surface area contributed by atoms with E-state index in [0.29, 0.717) is 10.6 Å². The second kappa shape index (κ2) is 8.26. The highest BCUT2D eigenvalue weighted by Crippen LogP contribution is 2.30. The molecule has 1 N–H and O–H groups in total. The Kier molecular flexibility index (Phi) is 5.34. The minimum atomic E-state index is -1.00. The number of nitro benzene ring substituents is 1. The van der Waals surface area contributed by atoms with Crippen LogP contribution >= 0.6 is 0 Å². The number of nitrogens with zero attached hydrogens (tertiary/aromatic N) is 2. The maximum atomic E-state index is 12.5. The van der Waals surface area contributed by atoms with Crippen molar-refractivity contribution in [3.63, 3.8) is 0 Å². The van der Waals surface area contributed by atoms with Gasteiger partial charge in [0, 0.05) is 11.8 Å². The number of nitro groups is 1. The summed E-state index contributed by atoms with van der Waals surface area (Å²) in [6.07, 6.45) is 0. The molecule has 0 fully saturated rings. The Morgan fingerprint density at radius 2 is 1.72 bits per heavy atom. The molecule has 3 amide bonds. The van der Waals surface area contributed by atoms with Crippen molar-refractivity contribution in [1.82, 2.24) is 4.90 Å². The number of nitrogens with one attached hydrogen (secondary N) is 1. The highest BCUT2D eigenvalue weighted by atomic mass is 16.6. The predicted molar refractivity (Wildman–Crippen MR) is 112 cm³/mol. The summed E-state index contributed by atoms with van der Waals surface area (Å²) in [5, 5.41) is 15.6.